The van der Waals surface area contributed by atoms with Crippen molar-refractivity contribution in [3.05, 3.63) is 24.2 Å². The second-order valence-electron chi connectivity index (χ2n) is 5.42. The van der Waals surface area contributed by atoms with Crippen molar-refractivity contribution in [3.63, 3.8) is 0 Å². The molecule has 0 aliphatic heterocycles. The van der Waals surface area contributed by atoms with Gasteiger partial charge in [-0.2, -0.15) is 0 Å². The second-order valence-corrected chi connectivity index (χ2v) is 5.42. The second kappa shape index (κ2) is 8.07. The van der Waals surface area contributed by atoms with Gasteiger partial charge in [-0.1, -0.05) is 12.8 Å². The molecule has 3 N–H and O–H groups in total. The van der Waals surface area contributed by atoms with E-state index in [1.165, 1.54) is 6.42 Å². The van der Waals surface area contributed by atoms with Crippen molar-refractivity contribution in [3.8, 4) is 0 Å². The van der Waals surface area contributed by atoms with Crippen molar-refractivity contribution in [2.24, 2.45) is 5.92 Å². The Hall–Kier alpha value is -1.33. The molecule has 1 aliphatic rings. The SMILES string of the molecule is O=C(CCNC[C@H]1CCCC[C@H]1O)NCc1ccco1. The van der Waals surface area contributed by atoms with Crippen LogP contribution in [0.5, 0.6) is 0 Å². The summed E-state index contributed by atoms with van der Waals surface area (Å²) in [5, 5.41) is 15.9. The molecule has 1 aromatic heterocycles. The third-order valence-corrected chi connectivity index (χ3v) is 3.84. The minimum atomic E-state index is -0.177. The molecule has 0 spiro atoms. The van der Waals surface area contributed by atoms with Crippen LogP contribution in [0, 0.1) is 5.92 Å². The lowest BCUT2D eigenvalue weighted by molar-refractivity contribution is -0.121. The lowest BCUT2D eigenvalue weighted by atomic mass is 9.86. The van der Waals surface area contributed by atoms with Crippen molar-refractivity contribution in [2.75, 3.05) is 13.1 Å². The maximum absolute atomic E-state index is 11.6. The van der Waals surface area contributed by atoms with Gasteiger partial charge in [0.05, 0.1) is 18.9 Å². The van der Waals surface area contributed by atoms with E-state index in [0.717, 1.165) is 31.6 Å². The number of amides is 1. The first-order chi connectivity index (χ1) is 9.75. The first-order valence-electron chi connectivity index (χ1n) is 7.43. The summed E-state index contributed by atoms with van der Waals surface area (Å²) < 4.78 is 5.14. The van der Waals surface area contributed by atoms with Gasteiger partial charge in [0.2, 0.25) is 5.91 Å². The minimum Gasteiger partial charge on any atom is -0.467 e. The first kappa shape index (κ1) is 15.1. The summed E-state index contributed by atoms with van der Waals surface area (Å²) in [5.74, 6) is 1.12. The van der Waals surface area contributed by atoms with Gasteiger partial charge in [0.15, 0.2) is 0 Å². The Morgan fingerprint density at radius 1 is 1.40 bits per heavy atom. The molecular formula is C15H24N2O3. The zero-order valence-corrected chi connectivity index (χ0v) is 11.8. The van der Waals surface area contributed by atoms with Crippen LogP contribution in [0.2, 0.25) is 0 Å². The molecule has 1 aromatic rings. The van der Waals surface area contributed by atoms with Crippen LogP contribution in [0.15, 0.2) is 22.8 Å². The number of furan rings is 1. The molecule has 1 heterocycles. The fraction of sp³-hybridized carbons (Fsp3) is 0.667. The Kier molecular flexibility index (Phi) is 6.08. The van der Waals surface area contributed by atoms with Crippen molar-refractivity contribution in [1.82, 2.24) is 10.6 Å². The molecule has 2 atom stereocenters. The smallest absolute Gasteiger partial charge is 0.221 e. The molecule has 5 nitrogen and oxygen atoms in total. The van der Waals surface area contributed by atoms with E-state index in [1.54, 1.807) is 12.3 Å². The van der Waals surface area contributed by atoms with Gasteiger partial charge in [-0.25, -0.2) is 0 Å². The van der Waals surface area contributed by atoms with Gasteiger partial charge < -0.3 is 20.2 Å². The molecule has 0 aromatic carbocycles. The molecule has 112 valence electrons. The number of carbonyl (C=O) groups is 1. The number of nitrogens with one attached hydrogen (secondary N) is 2. The molecular weight excluding hydrogens is 256 g/mol. The zero-order chi connectivity index (χ0) is 14.2. The van der Waals surface area contributed by atoms with E-state index < -0.39 is 0 Å². The van der Waals surface area contributed by atoms with Gasteiger partial charge in [-0.05, 0) is 30.9 Å². The maximum atomic E-state index is 11.6. The predicted octanol–water partition coefficient (Wildman–Crippen LogP) is 1.43. The first-order valence-corrected chi connectivity index (χ1v) is 7.43. The third kappa shape index (κ3) is 4.98. The Morgan fingerprint density at radius 2 is 2.25 bits per heavy atom. The summed E-state index contributed by atoms with van der Waals surface area (Å²) in [5.41, 5.74) is 0. The summed E-state index contributed by atoms with van der Waals surface area (Å²) in [6, 6.07) is 3.64. The molecule has 1 aliphatic carbocycles. The highest BCUT2D eigenvalue weighted by molar-refractivity contribution is 5.75. The highest BCUT2D eigenvalue weighted by Crippen LogP contribution is 2.23. The molecule has 0 bridgehead atoms. The van der Waals surface area contributed by atoms with Gasteiger partial charge in [-0.15, -0.1) is 0 Å². The molecule has 1 fully saturated rings. The van der Waals surface area contributed by atoms with Crippen molar-refractivity contribution < 1.29 is 14.3 Å². The van der Waals surface area contributed by atoms with Crippen LogP contribution in [0.25, 0.3) is 0 Å². The van der Waals surface area contributed by atoms with E-state index in [2.05, 4.69) is 10.6 Å². The van der Waals surface area contributed by atoms with E-state index >= 15 is 0 Å². The van der Waals surface area contributed by atoms with Crippen molar-refractivity contribution in [1.29, 1.82) is 0 Å². The Labute approximate surface area is 119 Å². The largest absolute Gasteiger partial charge is 0.467 e. The molecule has 20 heavy (non-hydrogen) atoms. The van der Waals surface area contributed by atoms with Crippen molar-refractivity contribution in [2.45, 2.75) is 44.8 Å². The number of rotatable bonds is 7. The summed E-state index contributed by atoms with van der Waals surface area (Å²) in [7, 11) is 0. The van der Waals surface area contributed by atoms with E-state index in [9.17, 15) is 9.90 Å². The van der Waals surface area contributed by atoms with Crippen LogP contribution in [0.3, 0.4) is 0 Å². The normalized spacial score (nSPS) is 22.6. The number of carbonyl (C=O) groups excluding carboxylic acids is 1. The van der Waals surface area contributed by atoms with Crippen LogP contribution in [-0.4, -0.2) is 30.2 Å². The Bertz CT molecular complexity index is 392. The highest BCUT2D eigenvalue weighted by Gasteiger charge is 2.22. The van der Waals surface area contributed by atoms with E-state index in [1.807, 2.05) is 6.07 Å². The van der Waals surface area contributed by atoms with Gasteiger partial charge in [0, 0.05) is 19.5 Å². The molecule has 1 amide bonds. The molecule has 1 saturated carbocycles. The molecule has 0 saturated heterocycles. The monoisotopic (exact) mass is 280 g/mol. The highest BCUT2D eigenvalue weighted by atomic mass is 16.3. The third-order valence-electron chi connectivity index (χ3n) is 3.84. The zero-order valence-electron chi connectivity index (χ0n) is 11.8. The molecule has 2 rings (SSSR count). The van der Waals surface area contributed by atoms with Crippen LogP contribution in [0.4, 0.5) is 0 Å². The summed E-state index contributed by atoms with van der Waals surface area (Å²) in [4.78, 5) is 11.6. The number of hydrogen-bond acceptors (Lipinski definition) is 4. The topological polar surface area (TPSA) is 74.5 Å². The van der Waals surface area contributed by atoms with Gasteiger partial charge >= 0.3 is 0 Å². The fourth-order valence-corrected chi connectivity index (χ4v) is 2.60. The van der Waals surface area contributed by atoms with E-state index in [0.29, 0.717) is 25.4 Å². The summed E-state index contributed by atoms with van der Waals surface area (Å²) >= 11 is 0. The molecule has 0 unspecified atom stereocenters. The Morgan fingerprint density at radius 3 is 3.00 bits per heavy atom. The number of aliphatic hydroxyl groups is 1. The lowest BCUT2D eigenvalue weighted by Gasteiger charge is -2.27. The summed E-state index contributed by atoms with van der Waals surface area (Å²) in [6.07, 6.45) is 6.19. The standard InChI is InChI=1S/C15H24N2O3/c18-14-6-2-1-4-12(14)10-16-8-7-15(19)17-11-13-5-3-9-20-13/h3,5,9,12,14,16,18H,1-2,4,6-8,10-11H2,(H,17,19)/t12-,14-/m1/s1. The fourth-order valence-electron chi connectivity index (χ4n) is 2.60. The molecule has 0 radical (unpaired) electrons. The Balaban J connectivity index is 1.53. The predicted molar refractivity (Wildman–Crippen MR) is 76.0 cm³/mol. The van der Waals surface area contributed by atoms with Gasteiger partial charge in [0.1, 0.15) is 5.76 Å². The lowest BCUT2D eigenvalue weighted by Crippen LogP contribution is -2.35. The quantitative estimate of drug-likeness (QED) is 0.661. The molecule has 5 heteroatoms. The summed E-state index contributed by atoms with van der Waals surface area (Å²) in [6.45, 7) is 1.88. The van der Waals surface area contributed by atoms with Crippen LogP contribution < -0.4 is 10.6 Å². The van der Waals surface area contributed by atoms with Crippen LogP contribution >= 0.6 is 0 Å². The van der Waals surface area contributed by atoms with E-state index in [-0.39, 0.29) is 12.0 Å². The minimum absolute atomic E-state index is 0.0121. The van der Waals surface area contributed by atoms with Crippen LogP contribution in [0.1, 0.15) is 37.9 Å². The maximum Gasteiger partial charge on any atom is 0.221 e. The van der Waals surface area contributed by atoms with Crippen LogP contribution in [-0.2, 0) is 11.3 Å². The van der Waals surface area contributed by atoms with Gasteiger partial charge in [-0.3, -0.25) is 4.79 Å². The van der Waals surface area contributed by atoms with Crippen molar-refractivity contribution >= 4 is 5.91 Å². The number of hydrogen-bond donors (Lipinski definition) is 3. The van der Waals surface area contributed by atoms with E-state index in [4.69, 9.17) is 4.42 Å². The van der Waals surface area contributed by atoms with Gasteiger partial charge in [0.25, 0.3) is 0 Å². The average Bonchev–Trinajstić information content (AvgIpc) is 2.96. The number of aliphatic hydroxyl groups excluding tert-OH is 1. The average molecular weight is 280 g/mol.